The van der Waals surface area contributed by atoms with Gasteiger partial charge in [0, 0.05) is 26.9 Å². The predicted octanol–water partition coefficient (Wildman–Crippen LogP) is 3.53. The number of hydrogen-bond donors (Lipinski definition) is 2. The monoisotopic (exact) mass is 416 g/mol. The highest BCUT2D eigenvalue weighted by atomic mass is 32.2. The minimum absolute atomic E-state index is 0.240. The number of rotatable bonds is 8. The largest absolute Gasteiger partial charge is 0.345 e. The van der Waals surface area contributed by atoms with Crippen LogP contribution in [0.25, 0.3) is 20.9 Å². The highest BCUT2D eigenvalue weighted by Gasteiger charge is 2.15. The van der Waals surface area contributed by atoms with Crippen LogP contribution in [0.15, 0.2) is 63.8 Å². The smallest absolute Gasteiger partial charge is 0.326 e. The molecule has 0 bridgehead atoms. The number of hydrogen-bond acceptors (Lipinski definition) is 7. The lowest BCUT2D eigenvalue weighted by molar-refractivity contribution is -0.123. The fraction of sp³-hybridized carbons (Fsp3) is 0.0667. The number of azide groups is 2. The summed E-state index contributed by atoms with van der Waals surface area (Å²) in [6.45, 7) is 0. The second-order valence-corrected chi connectivity index (χ2v) is 6.76. The highest BCUT2D eigenvalue weighted by Crippen LogP contribution is 2.18. The average molecular weight is 416 g/mol. The summed E-state index contributed by atoms with van der Waals surface area (Å²) in [5, 5.41) is 10.9. The summed E-state index contributed by atoms with van der Waals surface area (Å²) < 4.78 is 27.3. The van der Waals surface area contributed by atoms with E-state index in [1.165, 1.54) is 36.4 Å². The van der Waals surface area contributed by atoms with Gasteiger partial charge < -0.3 is 14.9 Å². The Morgan fingerprint density at radius 3 is 1.90 bits per heavy atom. The quantitative estimate of drug-likeness (QED) is 0.217. The van der Waals surface area contributed by atoms with Gasteiger partial charge in [-0.1, -0.05) is 17.2 Å². The summed E-state index contributed by atoms with van der Waals surface area (Å²) in [6.07, 6.45) is -0.488. The molecule has 148 valence electrons. The second kappa shape index (κ2) is 9.62. The Kier molecular flexibility index (Phi) is 6.98. The SMILES string of the molecule is [N-]=[N+]=NOS(=O)(=O)c1ccc(NC(=O)CC(=O)Nc2ccc(N=[N+]=[N-])cc2)cc1. The topological polar surface area (TPSA) is 199 Å². The van der Waals surface area contributed by atoms with Crippen LogP contribution < -0.4 is 10.6 Å². The molecule has 2 amide bonds. The summed E-state index contributed by atoms with van der Waals surface area (Å²) in [6, 6.07) is 10.8. The molecule has 2 aromatic carbocycles. The molecule has 0 aliphatic rings. The van der Waals surface area contributed by atoms with E-state index in [4.69, 9.17) is 11.1 Å². The first-order valence-corrected chi connectivity index (χ1v) is 9.08. The molecule has 0 radical (unpaired) electrons. The first kappa shape index (κ1) is 21.1. The zero-order valence-corrected chi connectivity index (χ0v) is 15.3. The minimum Gasteiger partial charge on any atom is -0.326 e. The molecule has 2 aromatic rings. The van der Waals surface area contributed by atoms with Crippen molar-refractivity contribution in [3.63, 3.8) is 0 Å². The molecule has 2 rings (SSSR count). The molecule has 0 atom stereocenters. The van der Waals surface area contributed by atoms with Crippen LogP contribution in [0.4, 0.5) is 17.1 Å². The van der Waals surface area contributed by atoms with Gasteiger partial charge in [0.05, 0.1) is 0 Å². The van der Waals surface area contributed by atoms with E-state index in [-0.39, 0.29) is 10.6 Å². The van der Waals surface area contributed by atoms with Gasteiger partial charge in [-0.15, -0.1) is 0 Å². The average Bonchev–Trinajstić information content (AvgIpc) is 2.68. The second-order valence-electron chi connectivity index (χ2n) is 5.23. The van der Waals surface area contributed by atoms with E-state index in [9.17, 15) is 18.0 Å². The lowest BCUT2D eigenvalue weighted by Crippen LogP contribution is -2.21. The Balaban J connectivity index is 1.92. The fourth-order valence-electron chi connectivity index (χ4n) is 2.03. The van der Waals surface area contributed by atoms with E-state index in [2.05, 4.69) is 35.1 Å². The third kappa shape index (κ3) is 6.45. The number of anilines is 2. The van der Waals surface area contributed by atoms with Crippen LogP contribution in [0.3, 0.4) is 0 Å². The maximum Gasteiger partial charge on any atom is 0.345 e. The summed E-state index contributed by atoms with van der Waals surface area (Å²) in [5.41, 5.74) is 17.5. The summed E-state index contributed by atoms with van der Waals surface area (Å²) >= 11 is 0. The molecule has 13 nitrogen and oxygen atoms in total. The molecular formula is C15H12N8O5S. The van der Waals surface area contributed by atoms with Gasteiger partial charge in [-0.3, -0.25) is 9.59 Å². The standard InChI is InChI=1S/C15H12N8O5S/c16-21-20-12-3-1-10(2-4-12)18-14(24)9-15(25)19-11-5-7-13(8-6-11)29(26,27)28-23-22-17/h1-8H,9H2,(H,18,24)(H,19,25). The van der Waals surface area contributed by atoms with Gasteiger partial charge in [0.2, 0.25) is 11.8 Å². The zero-order valence-electron chi connectivity index (χ0n) is 14.5. The van der Waals surface area contributed by atoms with Gasteiger partial charge in [0.1, 0.15) is 16.6 Å². The Morgan fingerprint density at radius 1 is 0.897 bits per heavy atom. The molecular weight excluding hydrogens is 404 g/mol. The Hall–Kier alpha value is -4.25. The van der Waals surface area contributed by atoms with Crippen LogP contribution in [0.2, 0.25) is 0 Å². The maximum absolute atomic E-state index is 12.0. The molecule has 0 fully saturated rings. The number of benzene rings is 2. The fourth-order valence-corrected chi connectivity index (χ4v) is 2.70. The van der Waals surface area contributed by atoms with Gasteiger partial charge in [0.25, 0.3) is 0 Å². The van der Waals surface area contributed by atoms with Crippen LogP contribution in [-0.4, -0.2) is 20.2 Å². The zero-order chi connectivity index (χ0) is 21.3. The third-order valence-electron chi connectivity index (χ3n) is 3.23. The third-order valence-corrected chi connectivity index (χ3v) is 4.34. The highest BCUT2D eigenvalue weighted by molar-refractivity contribution is 7.86. The molecule has 29 heavy (non-hydrogen) atoms. The first-order valence-electron chi connectivity index (χ1n) is 7.67. The molecule has 0 aliphatic carbocycles. The molecule has 2 N–H and O–H groups in total. The normalized spacial score (nSPS) is 10.1. The molecule has 0 aliphatic heterocycles. The molecule has 0 aromatic heterocycles. The van der Waals surface area contributed by atoms with Crippen molar-refractivity contribution in [2.75, 3.05) is 10.6 Å². The number of nitrogens with one attached hydrogen (secondary N) is 2. The molecule has 0 saturated carbocycles. The summed E-state index contributed by atoms with van der Waals surface area (Å²) in [7, 11) is -4.25. The van der Waals surface area contributed by atoms with E-state index in [0.717, 1.165) is 12.1 Å². The molecule has 14 heteroatoms. The minimum atomic E-state index is -4.25. The Labute approximate surface area is 163 Å². The van der Waals surface area contributed by atoms with E-state index >= 15 is 0 Å². The van der Waals surface area contributed by atoms with Crippen molar-refractivity contribution in [3.05, 3.63) is 69.4 Å². The van der Waals surface area contributed by atoms with E-state index in [1.807, 2.05) is 0 Å². The van der Waals surface area contributed by atoms with Gasteiger partial charge in [0.15, 0.2) is 0 Å². The van der Waals surface area contributed by atoms with Crippen molar-refractivity contribution in [3.8, 4) is 0 Å². The van der Waals surface area contributed by atoms with Crippen LogP contribution in [-0.2, 0) is 24.0 Å². The molecule has 0 spiro atoms. The van der Waals surface area contributed by atoms with Crippen molar-refractivity contribution < 1.29 is 22.3 Å². The predicted molar refractivity (Wildman–Crippen MR) is 101 cm³/mol. The number of amides is 2. The van der Waals surface area contributed by atoms with Crippen molar-refractivity contribution in [2.24, 2.45) is 10.4 Å². The van der Waals surface area contributed by atoms with Crippen LogP contribution in [0.5, 0.6) is 0 Å². The molecule has 0 saturated heterocycles. The Bertz CT molecular complexity index is 1100. The van der Waals surface area contributed by atoms with Crippen LogP contribution in [0.1, 0.15) is 6.42 Å². The van der Waals surface area contributed by atoms with Crippen molar-refractivity contribution >= 4 is 39.0 Å². The van der Waals surface area contributed by atoms with Gasteiger partial charge in [-0.2, -0.15) is 8.42 Å². The molecule has 0 unspecified atom stereocenters. The van der Waals surface area contributed by atoms with Crippen LogP contribution >= 0.6 is 0 Å². The van der Waals surface area contributed by atoms with E-state index in [0.29, 0.717) is 11.4 Å². The van der Waals surface area contributed by atoms with Crippen LogP contribution in [0, 0.1) is 0 Å². The van der Waals surface area contributed by atoms with Gasteiger partial charge in [-0.05, 0) is 47.5 Å². The number of nitrogens with zero attached hydrogens (tertiary/aromatic N) is 6. The maximum atomic E-state index is 12.0. The number of carbonyl (C=O) groups excluding carboxylic acids is 2. The van der Waals surface area contributed by atoms with Crippen molar-refractivity contribution in [1.29, 1.82) is 0 Å². The lowest BCUT2D eigenvalue weighted by Gasteiger charge is -2.07. The molecule has 0 heterocycles. The number of carbonyl (C=O) groups is 2. The Morgan fingerprint density at radius 2 is 1.41 bits per heavy atom. The lowest BCUT2D eigenvalue weighted by atomic mass is 10.2. The summed E-state index contributed by atoms with van der Waals surface area (Å²) in [5.74, 6) is -1.21. The van der Waals surface area contributed by atoms with Gasteiger partial charge in [-0.25, -0.2) is 0 Å². The van der Waals surface area contributed by atoms with Crippen molar-refractivity contribution in [2.45, 2.75) is 11.3 Å². The summed E-state index contributed by atoms with van der Waals surface area (Å²) in [4.78, 5) is 28.4. The van der Waals surface area contributed by atoms with Crippen molar-refractivity contribution in [1.82, 2.24) is 0 Å². The van der Waals surface area contributed by atoms with Gasteiger partial charge >= 0.3 is 10.1 Å². The van der Waals surface area contributed by atoms with E-state index in [1.54, 1.807) is 0 Å². The van der Waals surface area contributed by atoms with E-state index < -0.39 is 28.4 Å². The first-order chi connectivity index (χ1) is 13.8.